The minimum Gasteiger partial charge on any atom is -0.321 e. The van der Waals surface area contributed by atoms with E-state index in [1.54, 1.807) is 17.0 Å². The number of anilines is 1. The van der Waals surface area contributed by atoms with Crippen LogP contribution >= 0.6 is 11.6 Å². The fourth-order valence-corrected chi connectivity index (χ4v) is 3.94. The highest BCUT2D eigenvalue weighted by Crippen LogP contribution is 2.22. The predicted octanol–water partition coefficient (Wildman–Crippen LogP) is 5.17. The number of H-pyrrole nitrogens is 1. The number of fused-ring (bicyclic) bond motifs is 1. The lowest BCUT2D eigenvalue weighted by molar-refractivity contribution is 0.194. The lowest BCUT2D eigenvalue weighted by Gasteiger charge is -2.27. The normalized spacial score (nSPS) is 11.2. The van der Waals surface area contributed by atoms with Gasteiger partial charge in [0.2, 0.25) is 0 Å². The first-order valence-electron chi connectivity index (χ1n) is 11.0. The van der Waals surface area contributed by atoms with Gasteiger partial charge < -0.3 is 20.1 Å². The highest BCUT2D eigenvalue weighted by atomic mass is 35.5. The molecule has 2 amide bonds. The number of carbonyl (C=O) groups is 1. The van der Waals surface area contributed by atoms with Gasteiger partial charge in [-0.3, -0.25) is 4.79 Å². The summed E-state index contributed by atoms with van der Waals surface area (Å²) in [6.07, 6.45) is 0. The number of hydrogen-bond acceptors (Lipinski definition) is 3. The molecule has 0 atom stereocenters. The van der Waals surface area contributed by atoms with Crippen molar-refractivity contribution in [3.63, 3.8) is 0 Å². The fraction of sp³-hybridized carbons (Fsp3) is 0.360. The molecule has 32 heavy (non-hydrogen) atoms. The van der Waals surface area contributed by atoms with E-state index in [0.717, 1.165) is 35.1 Å². The number of urea groups is 1. The zero-order chi connectivity index (χ0) is 23.3. The predicted molar refractivity (Wildman–Crippen MR) is 133 cm³/mol. The van der Waals surface area contributed by atoms with E-state index in [9.17, 15) is 9.59 Å². The van der Waals surface area contributed by atoms with Crippen molar-refractivity contribution in [1.29, 1.82) is 0 Å². The summed E-state index contributed by atoms with van der Waals surface area (Å²) in [5.74, 6) is 0. The molecule has 0 aliphatic rings. The number of aromatic amines is 1. The van der Waals surface area contributed by atoms with Gasteiger partial charge >= 0.3 is 6.03 Å². The van der Waals surface area contributed by atoms with E-state index in [1.165, 1.54) is 0 Å². The molecule has 1 heterocycles. The molecule has 3 aromatic rings. The number of benzene rings is 2. The minimum atomic E-state index is -0.286. The third-order valence-corrected chi connectivity index (χ3v) is 6.19. The Hall–Kier alpha value is -2.83. The van der Waals surface area contributed by atoms with Gasteiger partial charge in [0.05, 0.1) is 22.8 Å². The summed E-state index contributed by atoms with van der Waals surface area (Å²) in [5.41, 5.74) is 3.87. The number of nitrogens with one attached hydrogen (secondary N) is 2. The molecule has 2 N–H and O–H groups in total. The van der Waals surface area contributed by atoms with Gasteiger partial charge in [-0.1, -0.05) is 49.7 Å². The molecule has 0 aliphatic heterocycles. The van der Waals surface area contributed by atoms with Crippen molar-refractivity contribution in [2.45, 2.75) is 34.2 Å². The zero-order valence-electron chi connectivity index (χ0n) is 19.2. The number of rotatable bonds is 8. The number of halogens is 1. The summed E-state index contributed by atoms with van der Waals surface area (Å²) in [6.45, 7) is 11.4. The van der Waals surface area contributed by atoms with Crippen molar-refractivity contribution < 1.29 is 4.79 Å². The first-order valence-corrected chi connectivity index (χ1v) is 11.4. The van der Waals surface area contributed by atoms with Crippen molar-refractivity contribution in [3.05, 3.63) is 74.5 Å². The molecule has 0 saturated carbocycles. The van der Waals surface area contributed by atoms with Gasteiger partial charge in [0.25, 0.3) is 5.56 Å². The summed E-state index contributed by atoms with van der Waals surface area (Å²) in [6, 6.07) is 12.8. The summed E-state index contributed by atoms with van der Waals surface area (Å²) in [5, 5.41) is 4.36. The average Bonchev–Trinajstić information content (AvgIpc) is 2.78. The van der Waals surface area contributed by atoms with E-state index < -0.39 is 0 Å². The quantitative estimate of drug-likeness (QED) is 0.493. The van der Waals surface area contributed by atoms with Crippen LogP contribution in [0, 0.1) is 13.8 Å². The topological polar surface area (TPSA) is 68.4 Å². The summed E-state index contributed by atoms with van der Waals surface area (Å²) in [4.78, 5) is 33.0. The standard InChI is InChI=1S/C25H31ClN4O2/c1-5-29(6-2)13-14-30(25(32)27-22-10-8-7-9-21(22)26)16-19-15-20-17(3)11-12-18(4)23(20)28-24(19)31/h7-12,15H,5-6,13-14,16H2,1-4H3,(H,27,32)(H,28,31). The second kappa shape index (κ2) is 10.7. The second-order valence-electron chi connectivity index (χ2n) is 7.97. The monoisotopic (exact) mass is 454 g/mol. The fourth-order valence-electron chi connectivity index (χ4n) is 3.75. The van der Waals surface area contributed by atoms with Crippen LogP contribution in [0.5, 0.6) is 0 Å². The van der Waals surface area contributed by atoms with Crippen LogP contribution in [-0.4, -0.2) is 47.0 Å². The van der Waals surface area contributed by atoms with E-state index in [0.29, 0.717) is 29.4 Å². The minimum absolute atomic E-state index is 0.176. The Labute approximate surface area is 194 Å². The van der Waals surface area contributed by atoms with E-state index in [1.807, 2.05) is 44.2 Å². The summed E-state index contributed by atoms with van der Waals surface area (Å²) in [7, 11) is 0. The molecule has 2 aromatic carbocycles. The third-order valence-electron chi connectivity index (χ3n) is 5.87. The molecule has 0 unspecified atom stereocenters. The molecule has 0 radical (unpaired) electrons. The number of hydrogen-bond donors (Lipinski definition) is 2. The number of carbonyl (C=O) groups excluding carboxylic acids is 1. The van der Waals surface area contributed by atoms with Gasteiger partial charge in [-0.25, -0.2) is 4.79 Å². The smallest absolute Gasteiger partial charge is 0.321 e. The van der Waals surface area contributed by atoms with Crippen molar-refractivity contribution in [1.82, 2.24) is 14.8 Å². The Bertz CT molecular complexity index is 1150. The Morgan fingerprint density at radius 1 is 1.03 bits per heavy atom. The molecule has 7 heteroatoms. The maximum Gasteiger partial charge on any atom is 0.322 e. The van der Waals surface area contributed by atoms with E-state index >= 15 is 0 Å². The van der Waals surface area contributed by atoms with Crippen molar-refractivity contribution in [2.24, 2.45) is 0 Å². The maximum absolute atomic E-state index is 13.2. The number of aryl methyl sites for hydroxylation is 2. The highest BCUT2D eigenvalue weighted by molar-refractivity contribution is 6.33. The second-order valence-corrected chi connectivity index (χ2v) is 8.38. The molecule has 170 valence electrons. The van der Waals surface area contributed by atoms with E-state index in [-0.39, 0.29) is 18.1 Å². The highest BCUT2D eigenvalue weighted by Gasteiger charge is 2.18. The molecule has 0 aliphatic carbocycles. The lowest BCUT2D eigenvalue weighted by atomic mass is 10.0. The average molecular weight is 455 g/mol. The van der Waals surface area contributed by atoms with Gasteiger partial charge in [-0.2, -0.15) is 0 Å². The largest absolute Gasteiger partial charge is 0.322 e. The Balaban J connectivity index is 1.91. The number of nitrogens with zero attached hydrogens (tertiary/aromatic N) is 2. The van der Waals surface area contributed by atoms with Gasteiger partial charge in [-0.05, 0) is 56.3 Å². The number of para-hydroxylation sites is 1. The molecule has 3 rings (SSSR count). The van der Waals surface area contributed by atoms with Crippen LogP contribution in [0.15, 0.2) is 47.3 Å². The molecule has 0 fully saturated rings. The van der Waals surface area contributed by atoms with Gasteiger partial charge in [0.15, 0.2) is 0 Å². The zero-order valence-corrected chi connectivity index (χ0v) is 19.9. The molecule has 0 bridgehead atoms. The Kier molecular flexibility index (Phi) is 7.94. The van der Waals surface area contributed by atoms with Crippen LogP contribution in [0.25, 0.3) is 10.9 Å². The lowest BCUT2D eigenvalue weighted by Crippen LogP contribution is -2.41. The number of amides is 2. The summed E-state index contributed by atoms with van der Waals surface area (Å²) >= 11 is 6.23. The first-order chi connectivity index (χ1) is 15.3. The number of likely N-dealkylation sites (N-methyl/N-ethyl adjacent to an activating group) is 1. The Morgan fingerprint density at radius 3 is 2.41 bits per heavy atom. The molecule has 0 spiro atoms. The van der Waals surface area contributed by atoms with E-state index in [4.69, 9.17) is 11.6 Å². The van der Waals surface area contributed by atoms with Crippen molar-refractivity contribution in [2.75, 3.05) is 31.5 Å². The van der Waals surface area contributed by atoms with Gasteiger partial charge in [0, 0.05) is 24.0 Å². The van der Waals surface area contributed by atoms with Gasteiger partial charge in [-0.15, -0.1) is 0 Å². The van der Waals surface area contributed by atoms with Crippen LogP contribution < -0.4 is 10.9 Å². The van der Waals surface area contributed by atoms with Crippen LogP contribution in [0.1, 0.15) is 30.5 Å². The number of pyridine rings is 1. The van der Waals surface area contributed by atoms with E-state index in [2.05, 4.69) is 29.0 Å². The van der Waals surface area contributed by atoms with Gasteiger partial charge in [0.1, 0.15) is 0 Å². The molecule has 1 aromatic heterocycles. The molecule has 6 nitrogen and oxygen atoms in total. The molecular weight excluding hydrogens is 424 g/mol. The van der Waals surface area contributed by atoms with Crippen LogP contribution in [-0.2, 0) is 6.54 Å². The molecular formula is C25H31ClN4O2. The SMILES string of the molecule is CCN(CC)CCN(Cc1cc2c(C)ccc(C)c2[nH]c1=O)C(=O)Nc1ccccc1Cl. The maximum atomic E-state index is 13.2. The van der Waals surface area contributed by atoms with Crippen molar-refractivity contribution >= 4 is 34.2 Å². The van der Waals surface area contributed by atoms with Crippen LogP contribution in [0.2, 0.25) is 5.02 Å². The Morgan fingerprint density at radius 2 is 1.72 bits per heavy atom. The van der Waals surface area contributed by atoms with Crippen molar-refractivity contribution in [3.8, 4) is 0 Å². The van der Waals surface area contributed by atoms with Crippen LogP contribution in [0.4, 0.5) is 10.5 Å². The number of aromatic nitrogens is 1. The molecule has 0 saturated heterocycles. The summed E-state index contributed by atoms with van der Waals surface area (Å²) < 4.78 is 0. The third kappa shape index (κ3) is 5.50. The first kappa shape index (κ1) is 23.8. The van der Waals surface area contributed by atoms with Crippen LogP contribution in [0.3, 0.4) is 0 Å².